The predicted octanol–water partition coefficient (Wildman–Crippen LogP) is 4.41. The van der Waals surface area contributed by atoms with E-state index in [4.69, 9.17) is 9.47 Å². The van der Waals surface area contributed by atoms with Crippen LogP contribution >= 0.6 is 0 Å². The fraction of sp³-hybridized carbons (Fsp3) is 0.375. The van der Waals surface area contributed by atoms with Crippen molar-refractivity contribution in [3.63, 3.8) is 0 Å². The van der Waals surface area contributed by atoms with Gasteiger partial charge in [0.1, 0.15) is 11.4 Å². The first-order chi connectivity index (χ1) is 13.9. The Hall–Kier alpha value is -2.79. The minimum atomic E-state index is -0.165. The van der Waals surface area contributed by atoms with Gasteiger partial charge in [0.25, 0.3) is 0 Å². The minimum absolute atomic E-state index is 0.165. The van der Waals surface area contributed by atoms with Crippen LogP contribution in [-0.2, 0) is 22.5 Å². The number of hydrogen-bond acceptors (Lipinski definition) is 3. The zero-order valence-corrected chi connectivity index (χ0v) is 17.9. The number of esters is 1. The van der Waals surface area contributed by atoms with Crippen molar-refractivity contribution in [1.82, 2.24) is 9.05 Å². The van der Waals surface area contributed by atoms with Crippen LogP contribution in [0.15, 0.2) is 54.7 Å². The largest absolute Gasteiger partial charge is 0.497 e. The van der Waals surface area contributed by atoms with E-state index in [0.29, 0.717) is 13.0 Å². The van der Waals surface area contributed by atoms with Crippen molar-refractivity contribution < 1.29 is 14.3 Å². The average Bonchev–Trinajstić information content (AvgIpc) is 3.09. The maximum atomic E-state index is 12.1. The van der Waals surface area contributed by atoms with E-state index < -0.39 is 0 Å². The molecule has 0 aliphatic heterocycles. The van der Waals surface area contributed by atoms with Crippen LogP contribution in [0.5, 0.6) is 5.75 Å². The number of methoxy groups -OCH3 is 1. The van der Waals surface area contributed by atoms with Crippen molar-refractivity contribution >= 4 is 22.6 Å². The number of ether oxygens (including phenoxy) is 2. The van der Waals surface area contributed by atoms with Crippen LogP contribution in [0.4, 0.5) is 5.69 Å². The molecule has 0 atom stereocenters. The Kier molecular flexibility index (Phi) is 6.60. The molecule has 0 aliphatic carbocycles. The van der Waals surface area contributed by atoms with E-state index in [9.17, 15) is 4.79 Å². The number of fused-ring (bicyclic) bond motifs is 1. The van der Waals surface area contributed by atoms with Gasteiger partial charge in [0.05, 0.1) is 41.3 Å². The third kappa shape index (κ3) is 5.61. The quantitative estimate of drug-likeness (QED) is 0.306. The van der Waals surface area contributed by atoms with Gasteiger partial charge in [-0.05, 0) is 54.8 Å². The van der Waals surface area contributed by atoms with Gasteiger partial charge >= 0.3 is 5.97 Å². The summed E-state index contributed by atoms with van der Waals surface area (Å²) in [6, 6.07) is 16.4. The van der Waals surface area contributed by atoms with Gasteiger partial charge in [-0.15, -0.1) is 0 Å². The Bertz CT molecular complexity index is 952. The van der Waals surface area contributed by atoms with Gasteiger partial charge in [0.2, 0.25) is 0 Å². The molecular formula is C24H31N2O3+. The lowest BCUT2D eigenvalue weighted by atomic mass is 10.1. The van der Waals surface area contributed by atoms with Gasteiger partial charge in [0, 0.05) is 23.6 Å². The Balaban J connectivity index is 1.40. The lowest BCUT2D eigenvalue weighted by Gasteiger charge is -2.23. The van der Waals surface area contributed by atoms with Gasteiger partial charge in [-0.3, -0.25) is 9.28 Å². The molecule has 0 bridgehead atoms. The summed E-state index contributed by atoms with van der Waals surface area (Å²) in [5, 5.41) is 1.17. The second-order valence-corrected chi connectivity index (χ2v) is 8.22. The van der Waals surface area contributed by atoms with Crippen LogP contribution in [-0.4, -0.2) is 45.4 Å². The Morgan fingerprint density at radius 2 is 1.76 bits per heavy atom. The lowest BCUT2D eigenvalue weighted by molar-refractivity contribution is -0.142. The zero-order valence-electron chi connectivity index (χ0n) is 17.9. The molecule has 0 N–H and O–H groups in total. The summed E-state index contributed by atoms with van der Waals surface area (Å²) in [5.41, 5.74) is 3.39. The number of aromatic nitrogens is 1. The van der Waals surface area contributed by atoms with E-state index in [1.807, 2.05) is 24.3 Å². The Morgan fingerprint density at radius 3 is 2.45 bits per heavy atom. The second-order valence-electron chi connectivity index (χ2n) is 8.22. The smallest absolute Gasteiger partial charge is 0.310 e. The molecule has 0 radical (unpaired) electrons. The molecule has 0 saturated heterocycles. The summed E-state index contributed by atoms with van der Waals surface area (Å²) >= 11 is 0. The number of unbranched alkanes of at least 4 members (excludes halogenated alkanes) is 1. The van der Waals surface area contributed by atoms with Crippen LogP contribution in [0, 0.1) is 0 Å². The molecule has 3 aromatic rings. The van der Waals surface area contributed by atoms with Crippen molar-refractivity contribution in [1.29, 1.82) is 0 Å². The fourth-order valence-electron chi connectivity index (χ4n) is 3.35. The van der Waals surface area contributed by atoms with Gasteiger partial charge < -0.3 is 14.0 Å². The van der Waals surface area contributed by atoms with E-state index in [0.717, 1.165) is 35.2 Å². The van der Waals surface area contributed by atoms with Crippen molar-refractivity contribution in [2.24, 2.45) is 0 Å². The summed E-state index contributed by atoms with van der Waals surface area (Å²) in [5.74, 6) is 0.704. The number of rotatable bonds is 9. The van der Waals surface area contributed by atoms with Gasteiger partial charge in [-0.25, -0.2) is 0 Å². The van der Waals surface area contributed by atoms with E-state index in [-0.39, 0.29) is 5.97 Å². The first-order valence-electron chi connectivity index (χ1n) is 10.1. The molecule has 0 fully saturated rings. The van der Waals surface area contributed by atoms with Crippen LogP contribution in [0.3, 0.4) is 0 Å². The third-order valence-electron chi connectivity index (χ3n) is 5.09. The van der Waals surface area contributed by atoms with Crippen LogP contribution in [0.1, 0.15) is 18.4 Å². The average molecular weight is 396 g/mol. The third-order valence-corrected chi connectivity index (χ3v) is 5.09. The number of carbonyl (C=O) groups is 1. The molecular weight excluding hydrogens is 364 g/mol. The van der Waals surface area contributed by atoms with E-state index >= 15 is 0 Å². The van der Waals surface area contributed by atoms with Crippen molar-refractivity contribution in [3.8, 4) is 5.75 Å². The molecule has 1 heterocycles. The first kappa shape index (κ1) is 20.9. The van der Waals surface area contributed by atoms with Gasteiger partial charge in [0.15, 0.2) is 0 Å². The molecule has 0 saturated carbocycles. The normalized spacial score (nSPS) is 11.6. The summed E-state index contributed by atoms with van der Waals surface area (Å²) in [6.45, 7) is 1.36. The SMILES string of the molecule is COc1ccc2c(ccn2CCCCOC(=O)Cc2ccc([N+](C)(C)C)cc2)c1. The molecule has 154 valence electrons. The number of quaternary nitrogens is 1. The standard InChI is InChI=1S/C24H31N2O3/c1-26(2,3)21-9-7-19(8-10-21)17-24(27)29-16-6-5-14-25-15-13-20-18-22(28-4)11-12-23(20)25/h7-13,15,18H,5-6,14,16-17H2,1-4H3/q+1. The molecule has 2 aromatic carbocycles. The van der Waals surface area contributed by atoms with Crippen molar-refractivity contribution in [2.45, 2.75) is 25.8 Å². The zero-order chi connectivity index (χ0) is 20.9. The van der Waals surface area contributed by atoms with E-state index in [2.05, 4.69) is 56.2 Å². The number of aryl methyl sites for hydroxylation is 1. The van der Waals surface area contributed by atoms with Crippen LogP contribution in [0.25, 0.3) is 10.9 Å². The lowest BCUT2D eigenvalue weighted by Crippen LogP contribution is -2.34. The topological polar surface area (TPSA) is 40.5 Å². The molecule has 0 amide bonds. The summed E-state index contributed by atoms with van der Waals surface area (Å²) in [7, 11) is 8.05. The van der Waals surface area contributed by atoms with Crippen molar-refractivity contribution in [3.05, 3.63) is 60.3 Å². The number of nitrogens with zero attached hydrogens (tertiary/aromatic N) is 2. The number of benzene rings is 2. The van der Waals surface area contributed by atoms with Gasteiger partial charge in [-0.1, -0.05) is 12.1 Å². The maximum Gasteiger partial charge on any atom is 0.310 e. The highest BCUT2D eigenvalue weighted by molar-refractivity contribution is 5.81. The van der Waals surface area contributed by atoms with Gasteiger partial charge in [-0.2, -0.15) is 0 Å². The molecule has 5 nitrogen and oxygen atoms in total. The van der Waals surface area contributed by atoms with Crippen LogP contribution < -0.4 is 9.22 Å². The molecule has 29 heavy (non-hydrogen) atoms. The number of hydrogen-bond donors (Lipinski definition) is 0. The van der Waals surface area contributed by atoms with Crippen molar-refractivity contribution in [2.75, 3.05) is 34.9 Å². The summed E-state index contributed by atoms with van der Waals surface area (Å²) < 4.78 is 13.7. The first-order valence-corrected chi connectivity index (χ1v) is 10.1. The maximum absolute atomic E-state index is 12.1. The van der Waals surface area contributed by atoms with E-state index in [1.165, 1.54) is 16.6 Å². The molecule has 0 aliphatic rings. The fourth-order valence-corrected chi connectivity index (χ4v) is 3.35. The summed E-state index contributed by atoms with van der Waals surface area (Å²) in [6.07, 6.45) is 4.22. The van der Waals surface area contributed by atoms with Crippen LogP contribution in [0.2, 0.25) is 0 Å². The molecule has 0 spiro atoms. The highest BCUT2D eigenvalue weighted by Gasteiger charge is 2.12. The molecule has 0 unspecified atom stereocenters. The highest BCUT2D eigenvalue weighted by Crippen LogP contribution is 2.22. The Morgan fingerprint density at radius 1 is 1.00 bits per heavy atom. The predicted molar refractivity (Wildman–Crippen MR) is 118 cm³/mol. The number of carbonyl (C=O) groups excluding carboxylic acids is 1. The molecule has 3 rings (SSSR count). The molecule has 5 heteroatoms. The molecule has 1 aromatic heterocycles. The summed E-state index contributed by atoms with van der Waals surface area (Å²) in [4.78, 5) is 12.1. The minimum Gasteiger partial charge on any atom is -0.497 e. The Labute approximate surface area is 173 Å². The monoisotopic (exact) mass is 395 g/mol. The second kappa shape index (κ2) is 9.14. The van der Waals surface area contributed by atoms with E-state index in [1.54, 1.807) is 7.11 Å². The highest BCUT2D eigenvalue weighted by atomic mass is 16.5.